The van der Waals surface area contributed by atoms with Crippen LogP contribution in [0.1, 0.15) is 36.8 Å². The van der Waals surface area contributed by atoms with E-state index in [0.29, 0.717) is 0 Å². The zero-order valence-electron chi connectivity index (χ0n) is 18.0. The zero-order valence-corrected chi connectivity index (χ0v) is 18.0. The lowest BCUT2D eigenvalue weighted by molar-refractivity contribution is 0.000337. The largest absolute Gasteiger partial charge is 0.497 e. The van der Waals surface area contributed by atoms with Crippen molar-refractivity contribution in [2.45, 2.75) is 31.3 Å². The summed E-state index contributed by atoms with van der Waals surface area (Å²) < 4.78 is 10.7. The molecule has 1 aliphatic rings. The van der Waals surface area contributed by atoms with Gasteiger partial charge in [0.05, 0.1) is 14.2 Å². The van der Waals surface area contributed by atoms with Crippen molar-refractivity contribution in [2.24, 2.45) is 5.92 Å². The fraction of sp³-hybridized carbons (Fsp3) is 0.440. The van der Waals surface area contributed by atoms with Gasteiger partial charge < -0.3 is 19.5 Å². The summed E-state index contributed by atoms with van der Waals surface area (Å²) in [6.07, 6.45) is 6.23. The highest BCUT2D eigenvalue weighted by molar-refractivity contribution is 5.58. The molecule has 0 aliphatic heterocycles. The number of methoxy groups -OCH3 is 2. The third-order valence-electron chi connectivity index (χ3n) is 5.88. The Balaban J connectivity index is 2.12. The van der Waals surface area contributed by atoms with Gasteiger partial charge in [0.25, 0.3) is 0 Å². The summed E-state index contributed by atoms with van der Waals surface area (Å²) in [5.41, 5.74) is 2.02. The zero-order chi connectivity index (χ0) is 20.9. The van der Waals surface area contributed by atoms with Gasteiger partial charge in [0.15, 0.2) is 0 Å². The van der Waals surface area contributed by atoms with Crippen molar-refractivity contribution in [3.63, 3.8) is 0 Å². The van der Waals surface area contributed by atoms with Gasteiger partial charge in [-0.2, -0.15) is 0 Å². The van der Waals surface area contributed by atoms with Crippen LogP contribution in [-0.4, -0.2) is 44.9 Å². The normalized spacial score (nSPS) is 23.8. The lowest BCUT2D eigenvalue weighted by Crippen LogP contribution is -2.41. The van der Waals surface area contributed by atoms with Crippen LogP contribution in [-0.2, 0) is 5.60 Å². The molecule has 3 rings (SSSR count). The molecule has 2 unspecified atom stereocenters. The van der Waals surface area contributed by atoms with Gasteiger partial charge >= 0.3 is 0 Å². The molecule has 0 aromatic heterocycles. The van der Waals surface area contributed by atoms with Crippen molar-refractivity contribution in [2.75, 3.05) is 34.9 Å². The quantitative estimate of drug-likeness (QED) is 0.718. The molecule has 2 aromatic rings. The summed E-state index contributed by atoms with van der Waals surface area (Å²) in [7, 11) is 7.49. The molecular weight excluding hydrogens is 362 g/mol. The van der Waals surface area contributed by atoms with Crippen molar-refractivity contribution in [1.82, 2.24) is 4.90 Å². The van der Waals surface area contributed by atoms with Crippen LogP contribution in [0, 0.1) is 5.92 Å². The van der Waals surface area contributed by atoms with E-state index in [1.54, 1.807) is 14.2 Å². The molecule has 0 saturated heterocycles. The van der Waals surface area contributed by atoms with E-state index in [1.165, 1.54) is 0 Å². The molecule has 4 heteroatoms. The van der Waals surface area contributed by atoms with Gasteiger partial charge in [0.2, 0.25) is 0 Å². The van der Waals surface area contributed by atoms with Crippen LogP contribution in [0.3, 0.4) is 0 Å². The van der Waals surface area contributed by atoms with Crippen molar-refractivity contribution in [3.05, 3.63) is 65.2 Å². The summed E-state index contributed by atoms with van der Waals surface area (Å²) in [5.74, 6) is 1.71. The highest BCUT2D eigenvalue weighted by Crippen LogP contribution is 2.46. The Morgan fingerprint density at radius 1 is 1.03 bits per heavy atom. The highest BCUT2D eigenvalue weighted by atomic mass is 16.5. The molecule has 156 valence electrons. The monoisotopic (exact) mass is 395 g/mol. The third-order valence-corrected chi connectivity index (χ3v) is 5.88. The predicted octanol–water partition coefficient (Wildman–Crippen LogP) is 4.73. The first-order valence-electron chi connectivity index (χ1n) is 10.3. The second kappa shape index (κ2) is 9.47. The second-order valence-electron chi connectivity index (χ2n) is 8.15. The second-order valence-corrected chi connectivity index (χ2v) is 8.15. The summed E-state index contributed by atoms with van der Waals surface area (Å²) in [5, 5.41) is 12.3. The molecule has 2 aromatic carbocycles. The Labute approximate surface area is 174 Å². The lowest BCUT2D eigenvalue weighted by atomic mass is 9.74. The van der Waals surface area contributed by atoms with Gasteiger partial charge in [-0.25, -0.2) is 0 Å². The number of nitrogens with zero attached hydrogens (tertiary/aromatic N) is 1. The summed E-state index contributed by atoms with van der Waals surface area (Å²) >= 11 is 0. The van der Waals surface area contributed by atoms with Gasteiger partial charge in [-0.15, -0.1) is 0 Å². The third kappa shape index (κ3) is 4.82. The molecule has 2 atom stereocenters. The molecule has 4 nitrogen and oxygen atoms in total. The Morgan fingerprint density at radius 2 is 1.76 bits per heavy atom. The Morgan fingerprint density at radius 3 is 2.41 bits per heavy atom. The van der Waals surface area contributed by atoms with E-state index in [0.717, 1.165) is 60.4 Å². The van der Waals surface area contributed by atoms with Crippen LogP contribution >= 0.6 is 0 Å². The van der Waals surface area contributed by atoms with Crippen molar-refractivity contribution in [3.8, 4) is 11.5 Å². The molecule has 1 aliphatic carbocycles. The average Bonchev–Trinajstić information content (AvgIpc) is 2.88. The minimum atomic E-state index is -1.03. The first kappa shape index (κ1) is 21.4. The SMILES string of the molecule is COc1ccc(/C=C2\CCCCC(CN(C)C)C2(O)c2cccc(OC)c2)cc1. The number of rotatable bonds is 6. The highest BCUT2D eigenvalue weighted by Gasteiger charge is 2.43. The van der Waals surface area contributed by atoms with E-state index in [2.05, 4.69) is 25.1 Å². The van der Waals surface area contributed by atoms with Gasteiger partial charge in [-0.05, 0) is 74.3 Å². The first-order valence-corrected chi connectivity index (χ1v) is 10.3. The van der Waals surface area contributed by atoms with Gasteiger partial charge in [0, 0.05) is 12.5 Å². The van der Waals surface area contributed by atoms with E-state index in [-0.39, 0.29) is 5.92 Å². The lowest BCUT2D eigenvalue weighted by Gasteiger charge is -2.39. The first-order chi connectivity index (χ1) is 14.0. The van der Waals surface area contributed by atoms with Gasteiger partial charge in [-0.3, -0.25) is 0 Å². The smallest absolute Gasteiger partial charge is 0.119 e. The Bertz CT molecular complexity index is 828. The molecule has 29 heavy (non-hydrogen) atoms. The van der Waals surface area contributed by atoms with E-state index in [1.807, 2.05) is 48.5 Å². The fourth-order valence-electron chi connectivity index (χ4n) is 4.40. The maximum Gasteiger partial charge on any atom is 0.119 e. The number of hydrogen-bond donors (Lipinski definition) is 1. The minimum absolute atomic E-state index is 0.108. The van der Waals surface area contributed by atoms with Crippen LogP contribution < -0.4 is 9.47 Å². The molecule has 1 saturated carbocycles. The van der Waals surface area contributed by atoms with Crippen molar-refractivity contribution < 1.29 is 14.6 Å². The van der Waals surface area contributed by atoms with Gasteiger partial charge in [0.1, 0.15) is 17.1 Å². The summed E-state index contributed by atoms with van der Waals surface area (Å²) in [6.45, 7) is 0.827. The molecule has 0 bridgehead atoms. The van der Waals surface area contributed by atoms with Gasteiger partial charge in [-0.1, -0.05) is 36.8 Å². The molecule has 0 amide bonds. The topological polar surface area (TPSA) is 41.9 Å². The molecule has 0 heterocycles. The van der Waals surface area contributed by atoms with Crippen LogP contribution in [0.15, 0.2) is 54.1 Å². The average molecular weight is 396 g/mol. The number of benzene rings is 2. The number of hydrogen-bond acceptors (Lipinski definition) is 4. The molecule has 0 radical (unpaired) electrons. The van der Waals surface area contributed by atoms with E-state index >= 15 is 0 Å². The summed E-state index contributed by atoms with van der Waals surface area (Å²) in [6, 6.07) is 15.9. The Hall–Kier alpha value is -2.30. The molecule has 0 spiro atoms. The van der Waals surface area contributed by atoms with Crippen LogP contribution in [0.25, 0.3) is 6.08 Å². The van der Waals surface area contributed by atoms with E-state index in [4.69, 9.17) is 9.47 Å². The van der Waals surface area contributed by atoms with Crippen LogP contribution in [0.4, 0.5) is 0 Å². The van der Waals surface area contributed by atoms with Crippen LogP contribution in [0.5, 0.6) is 11.5 Å². The predicted molar refractivity (Wildman–Crippen MR) is 118 cm³/mol. The van der Waals surface area contributed by atoms with Crippen molar-refractivity contribution >= 4 is 6.08 Å². The molecule has 1 fully saturated rings. The van der Waals surface area contributed by atoms with Crippen molar-refractivity contribution in [1.29, 1.82) is 0 Å². The van der Waals surface area contributed by atoms with E-state index in [9.17, 15) is 5.11 Å². The Kier molecular flexibility index (Phi) is 6.99. The maximum absolute atomic E-state index is 12.3. The number of aliphatic hydroxyl groups is 1. The molecule has 1 N–H and O–H groups in total. The maximum atomic E-state index is 12.3. The minimum Gasteiger partial charge on any atom is -0.497 e. The molecular formula is C25H33NO3. The summed E-state index contributed by atoms with van der Waals surface area (Å²) in [4.78, 5) is 2.17. The standard InChI is InChI=1S/C25H33NO3/c1-26(2)18-22-9-6-5-8-20(16-19-12-14-23(28-3)15-13-19)25(22,27)21-10-7-11-24(17-21)29-4/h7,10-17,22,27H,5-6,8-9,18H2,1-4H3/b20-16+. The van der Waals surface area contributed by atoms with Crippen LogP contribution in [0.2, 0.25) is 0 Å². The fourth-order valence-corrected chi connectivity index (χ4v) is 4.40. The van der Waals surface area contributed by atoms with E-state index < -0.39 is 5.60 Å². The number of ether oxygens (including phenoxy) is 2.